The molecular formula is C13H19ClN2O3S. The number of nitrogens with two attached hydrogens (primary N) is 1. The van der Waals surface area contributed by atoms with Crippen LogP contribution >= 0.6 is 11.6 Å². The Morgan fingerprint density at radius 1 is 1.50 bits per heavy atom. The largest absolute Gasteiger partial charge is 0.397 e. The van der Waals surface area contributed by atoms with E-state index in [9.17, 15) is 8.42 Å². The van der Waals surface area contributed by atoms with Crippen LogP contribution in [-0.4, -0.2) is 38.5 Å². The van der Waals surface area contributed by atoms with Crippen LogP contribution in [0.3, 0.4) is 0 Å². The maximum Gasteiger partial charge on any atom is 0.243 e. The van der Waals surface area contributed by atoms with Crippen molar-refractivity contribution in [1.82, 2.24) is 4.31 Å². The van der Waals surface area contributed by atoms with Crippen molar-refractivity contribution in [2.75, 3.05) is 25.4 Å². The Balaban J connectivity index is 2.23. The van der Waals surface area contributed by atoms with Crippen molar-refractivity contribution in [3.05, 3.63) is 23.2 Å². The zero-order valence-electron chi connectivity index (χ0n) is 11.4. The molecule has 2 N–H and O–H groups in total. The molecule has 0 bridgehead atoms. The molecule has 1 unspecified atom stereocenters. The second-order valence-corrected chi connectivity index (χ2v) is 7.12. The van der Waals surface area contributed by atoms with E-state index in [0.29, 0.717) is 24.7 Å². The van der Waals surface area contributed by atoms with Crippen LogP contribution < -0.4 is 5.73 Å². The van der Waals surface area contributed by atoms with Crippen molar-refractivity contribution >= 4 is 27.3 Å². The SMILES string of the molecule is CCN(CC1CCCO1)S(=O)(=O)c1ccc(Cl)c(N)c1. The maximum atomic E-state index is 12.6. The monoisotopic (exact) mass is 318 g/mol. The fourth-order valence-corrected chi connectivity index (χ4v) is 3.88. The number of anilines is 1. The van der Waals surface area contributed by atoms with E-state index in [2.05, 4.69) is 0 Å². The number of rotatable bonds is 5. The van der Waals surface area contributed by atoms with Gasteiger partial charge in [-0.1, -0.05) is 18.5 Å². The number of halogens is 1. The summed E-state index contributed by atoms with van der Waals surface area (Å²) in [7, 11) is -3.56. The van der Waals surface area contributed by atoms with Crippen molar-refractivity contribution in [1.29, 1.82) is 0 Å². The van der Waals surface area contributed by atoms with Gasteiger partial charge in [-0.2, -0.15) is 4.31 Å². The van der Waals surface area contributed by atoms with Crippen LogP contribution in [0.5, 0.6) is 0 Å². The summed E-state index contributed by atoms with van der Waals surface area (Å²) in [6, 6.07) is 4.38. The minimum atomic E-state index is -3.56. The van der Waals surface area contributed by atoms with Gasteiger partial charge in [-0.3, -0.25) is 0 Å². The summed E-state index contributed by atoms with van der Waals surface area (Å²) in [4.78, 5) is 0.166. The predicted octanol–water partition coefficient (Wildman–Crippen LogP) is 2.11. The van der Waals surface area contributed by atoms with Crippen LogP contribution in [0.1, 0.15) is 19.8 Å². The molecule has 0 amide bonds. The lowest BCUT2D eigenvalue weighted by atomic mass is 10.2. The number of hydrogen-bond acceptors (Lipinski definition) is 4. The predicted molar refractivity (Wildman–Crippen MR) is 79.3 cm³/mol. The van der Waals surface area contributed by atoms with Gasteiger partial charge in [0.25, 0.3) is 0 Å². The van der Waals surface area contributed by atoms with Gasteiger partial charge in [-0.05, 0) is 31.0 Å². The van der Waals surface area contributed by atoms with Crippen LogP contribution in [0.15, 0.2) is 23.1 Å². The first-order chi connectivity index (χ1) is 9.45. The summed E-state index contributed by atoms with van der Waals surface area (Å²) in [5.74, 6) is 0. The summed E-state index contributed by atoms with van der Waals surface area (Å²) < 4.78 is 32.1. The van der Waals surface area contributed by atoms with E-state index in [0.717, 1.165) is 12.8 Å². The van der Waals surface area contributed by atoms with E-state index in [1.807, 2.05) is 6.92 Å². The Kier molecular flexibility index (Phi) is 4.90. The highest BCUT2D eigenvalue weighted by molar-refractivity contribution is 7.89. The Labute approximate surface area is 124 Å². The van der Waals surface area contributed by atoms with Gasteiger partial charge < -0.3 is 10.5 Å². The van der Waals surface area contributed by atoms with Crippen LogP contribution in [0.4, 0.5) is 5.69 Å². The van der Waals surface area contributed by atoms with Crippen molar-refractivity contribution < 1.29 is 13.2 Å². The van der Waals surface area contributed by atoms with Gasteiger partial charge >= 0.3 is 0 Å². The molecule has 112 valence electrons. The van der Waals surface area contributed by atoms with Gasteiger partial charge in [0.1, 0.15) is 0 Å². The molecule has 0 aliphatic carbocycles. The Morgan fingerprint density at radius 3 is 2.80 bits per heavy atom. The molecular weight excluding hydrogens is 300 g/mol. The highest BCUT2D eigenvalue weighted by Gasteiger charge is 2.28. The highest BCUT2D eigenvalue weighted by atomic mass is 35.5. The van der Waals surface area contributed by atoms with E-state index in [4.69, 9.17) is 22.1 Å². The van der Waals surface area contributed by atoms with Crippen LogP contribution in [-0.2, 0) is 14.8 Å². The number of benzene rings is 1. The fraction of sp³-hybridized carbons (Fsp3) is 0.538. The highest BCUT2D eigenvalue weighted by Crippen LogP contribution is 2.25. The number of hydrogen-bond donors (Lipinski definition) is 1. The number of nitrogens with zero attached hydrogens (tertiary/aromatic N) is 1. The van der Waals surface area contributed by atoms with E-state index in [1.165, 1.54) is 22.5 Å². The van der Waals surface area contributed by atoms with Crippen molar-refractivity contribution in [3.8, 4) is 0 Å². The molecule has 0 spiro atoms. The minimum absolute atomic E-state index is 0.0191. The average molecular weight is 319 g/mol. The first-order valence-corrected chi connectivity index (χ1v) is 8.43. The maximum absolute atomic E-state index is 12.6. The zero-order chi connectivity index (χ0) is 14.8. The number of sulfonamides is 1. The molecule has 0 saturated carbocycles. The summed E-state index contributed by atoms with van der Waals surface area (Å²) in [5.41, 5.74) is 5.95. The van der Waals surface area contributed by atoms with Gasteiger partial charge in [-0.25, -0.2) is 8.42 Å². The molecule has 2 rings (SSSR count). The van der Waals surface area contributed by atoms with Crippen LogP contribution in [0, 0.1) is 0 Å². The standard InChI is InChI=1S/C13H19ClN2O3S/c1-2-16(9-10-4-3-7-19-10)20(17,18)11-5-6-12(14)13(15)8-11/h5-6,8,10H,2-4,7,9,15H2,1H3. The van der Waals surface area contributed by atoms with Gasteiger partial charge in [0.2, 0.25) is 10.0 Å². The molecule has 1 aromatic rings. The lowest BCUT2D eigenvalue weighted by molar-refractivity contribution is 0.0947. The fourth-order valence-electron chi connectivity index (χ4n) is 2.24. The second-order valence-electron chi connectivity index (χ2n) is 4.77. The smallest absolute Gasteiger partial charge is 0.243 e. The van der Waals surface area contributed by atoms with E-state index >= 15 is 0 Å². The summed E-state index contributed by atoms with van der Waals surface area (Å²) in [6.45, 7) is 3.29. The van der Waals surface area contributed by atoms with E-state index in [-0.39, 0.29) is 16.7 Å². The van der Waals surface area contributed by atoms with Gasteiger partial charge in [0.15, 0.2) is 0 Å². The first-order valence-electron chi connectivity index (χ1n) is 6.62. The third-order valence-electron chi connectivity index (χ3n) is 3.39. The van der Waals surface area contributed by atoms with E-state index < -0.39 is 10.0 Å². The van der Waals surface area contributed by atoms with E-state index in [1.54, 1.807) is 0 Å². The van der Waals surface area contributed by atoms with Crippen molar-refractivity contribution in [3.63, 3.8) is 0 Å². The molecule has 5 nitrogen and oxygen atoms in total. The Morgan fingerprint density at radius 2 is 2.25 bits per heavy atom. The third kappa shape index (κ3) is 3.25. The number of ether oxygens (including phenoxy) is 1. The quantitative estimate of drug-likeness (QED) is 0.844. The average Bonchev–Trinajstić information content (AvgIpc) is 2.91. The van der Waals surface area contributed by atoms with Gasteiger partial charge in [-0.15, -0.1) is 0 Å². The molecule has 1 heterocycles. The zero-order valence-corrected chi connectivity index (χ0v) is 13.0. The minimum Gasteiger partial charge on any atom is -0.397 e. The summed E-state index contributed by atoms with van der Waals surface area (Å²) in [6.07, 6.45) is 1.86. The molecule has 1 saturated heterocycles. The Bertz CT molecular complexity index is 571. The van der Waals surface area contributed by atoms with Gasteiger partial charge in [0, 0.05) is 19.7 Å². The molecule has 1 atom stereocenters. The molecule has 7 heteroatoms. The second kappa shape index (κ2) is 6.30. The number of nitrogen functional groups attached to an aromatic ring is 1. The third-order valence-corrected chi connectivity index (χ3v) is 5.67. The van der Waals surface area contributed by atoms with Gasteiger partial charge in [0.05, 0.1) is 21.7 Å². The molecule has 0 radical (unpaired) electrons. The Hall–Kier alpha value is -0.820. The lowest BCUT2D eigenvalue weighted by Gasteiger charge is -2.23. The summed E-state index contributed by atoms with van der Waals surface area (Å²) in [5, 5.41) is 0.353. The molecule has 1 aliphatic heterocycles. The van der Waals surface area contributed by atoms with Crippen molar-refractivity contribution in [2.45, 2.75) is 30.8 Å². The molecule has 1 aromatic carbocycles. The summed E-state index contributed by atoms with van der Waals surface area (Å²) >= 11 is 5.83. The van der Waals surface area contributed by atoms with Crippen LogP contribution in [0.2, 0.25) is 5.02 Å². The molecule has 1 aliphatic rings. The number of likely N-dealkylation sites (N-methyl/N-ethyl adjacent to an activating group) is 1. The molecule has 0 aromatic heterocycles. The molecule has 1 fully saturated rings. The lowest BCUT2D eigenvalue weighted by Crippen LogP contribution is -2.37. The van der Waals surface area contributed by atoms with Crippen LogP contribution in [0.25, 0.3) is 0 Å². The normalized spacial score (nSPS) is 19.6. The van der Waals surface area contributed by atoms with Crippen molar-refractivity contribution in [2.24, 2.45) is 0 Å². The first kappa shape index (κ1) is 15.6. The topological polar surface area (TPSA) is 72.6 Å². The molecule has 20 heavy (non-hydrogen) atoms.